The number of anilines is 1. The van der Waals surface area contributed by atoms with E-state index in [4.69, 9.17) is 5.73 Å². The second kappa shape index (κ2) is 5.17. The van der Waals surface area contributed by atoms with E-state index < -0.39 is 5.91 Å². The number of carbonyl (C=O) groups is 1. The topological polar surface area (TPSA) is 107 Å². The summed E-state index contributed by atoms with van der Waals surface area (Å²) < 4.78 is 0. The van der Waals surface area contributed by atoms with Gasteiger partial charge in [0.1, 0.15) is 11.6 Å². The summed E-state index contributed by atoms with van der Waals surface area (Å²) in [5.74, 6) is 0.668. The van der Waals surface area contributed by atoms with Crippen molar-refractivity contribution in [3.05, 3.63) is 41.6 Å². The Hall–Kier alpha value is -2.57. The van der Waals surface area contributed by atoms with E-state index in [2.05, 4.69) is 25.5 Å². The Morgan fingerprint density at radius 3 is 2.78 bits per heavy atom. The second-order valence-corrected chi connectivity index (χ2v) is 3.62. The van der Waals surface area contributed by atoms with Gasteiger partial charge in [-0.2, -0.15) is 0 Å². The van der Waals surface area contributed by atoms with Crippen molar-refractivity contribution in [3.8, 4) is 0 Å². The maximum atomic E-state index is 10.8. The lowest BCUT2D eigenvalue weighted by atomic mass is 10.3. The lowest BCUT2D eigenvalue weighted by Gasteiger charge is -2.04. The molecule has 2 aromatic heterocycles. The maximum Gasteiger partial charge on any atom is 0.269 e. The van der Waals surface area contributed by atoms with Crippen LogP contribution >= 0.6 is 0 Å². The number of aromatic nitrogens is 4. The molecule has 18 heavy (non-hydrogen) atoms. The summed E-state index contributed by atoms with van der Waals surface area (Å²) in [6.45, 7) is 2.33. The van der Waals surface area contributed by atoms with Crippen LogP contribution in [0.4, 0.5) is 5.82 Å². The molecule has 0 aromatic carbocycles. The van der Waals surface area contributed by atoms with Crippen molar-refractivity contribution in [2.75, 3.05) is 5.32 Å². The summed E-state index contributed by atoms with van der Waals surface area (Å²) in [6, 6.07) is 4.97. The lowest BCUT2D eigenvalue weighted by Crippen LogP contribution is -2.14. The molecule has 0 saturated carbocycles. The molecule has 0 fully saturated rings. The molecule has 2 rings (SSSR count). The van der Waals surface area contributed by atoms with E-state index in [0.717, 1.165) is 5.69 Å². The van der Waals surface area contributed by atoms with E-state index >= 15 is 0 Å². The number of carbonyl (C=O) groups excluding carboxylic acids is 1. The number of hydrogen-bond donors (Lipinski definition) is 2. The molecule has 0 aliphatic carbocycles. The zero-order valence-corrected chi connectivity index (χ0v) is 9.79. The molecule has 0 atom stereocenters. The largest absolute Gasteiger partial charge is 0.364 e. The van der Waals surface area contributed by atoms with Gasteiger partial charge in [-0.05, 0) is 25.1 Å². The van der Waals surface area contributed by atoms with Gasteiger partial charge in [0.25, 0.3) is 5.91 Å². The molecule has 2 aromatic rings. The average molecular weight is 244 g/mol. The van der Waals surface area contributed by atoms with Gasteiger partial charge in [0.2, 0.25) is 0 Å². The Bertz CT molecular complexity index is 554. The highest BCUT2D eigenvalue weighted by Gasteiger charge is 2.03. The molecule has 0 aliphatic rings. The summed E-state index contributed by atoms with van der Waals surface area (Å²) >= 11 is 0. The summed E-state index contributed by atoms with van der Waals surface area (Å²) in [4.78, 5) is 19.1. The molecule has 0 bridgehead atoms. The van der Waals surface area contributed by atoms with Gasteiger partial charge in [0.15, 0.2) is 5.69 Å². The van der Waals surface area contributed by atoms with E-state index in [0.29, 0.717) is 18.2 Å². The van der Waals surface area contributed by atoms with Gasteiger partial charge in [0, 0.05) is 6.20 Å². The fourth-order valence-corrected chi connectivity index (χ4v) is 1.34. The number of amides is 1. The van der Waals surface area contributed by atoms with E-state index in [-0.39, 0.29) is 5.69 Å². The molecule has 7 heteroatoms. The van der Waals surface area contributed by atoms with Gasteiger partial charge in [-0.1, -0.05) is 0 Å². The van der Waals surface area contributed by atoms with Gasteiger partial charge in [-0.15, -0.1) is 10.2 Å². The fraction of sp³-hybridized carbons (Fsp3) is 0.182. The van der Waals surface area contributed by atoms with E-state index in [1.165, 1.54) is 6.07 Å². The molecule has 0 radical (unpaired) electrons. The fourth-order valence-electron chi connectivity index (χ4n) is 1.34. The first-order valence-electron chi connectivity index (χ1n) is 5.31. The maximum absolute atomic E-state index is 10.8. The van der Waals surface area contributed by atoms with Crippen molar-refractivity contribution in [1.82, 2.24) is 20.2 Å². The molecule has 0 unspecified atom stereocenters. The number of primary amides is 1. The zero-order valence-electron chi connectivity index (χ0n) is 9.79. The third-order valence-corrected chi connectivity index (χ3v) is 2.20. The Morgan fingerprint density at radius 1 is 1.33 bits per heavy atom. The molecule has 7 nitrogen and oxygen atoms in total. The highest BCUT2D eigenvalue weighted by Crippen LogP contribution is 2.04. The van der Waals surface area contributed by atoms with E-state index in [1.807, 2.05) is 13.0 Å². The predicted octanol–water partition coefficient (Wildman–Crippen LogP) is 0.286. The van der Waals surface area contributed by atoms with Gasteiger partial charge >= 0.3 is 0 Å². The lowest BCUT2D eigenvalue weighted by molar-refractivity contribution is 0.0994. The Kier molecular flexibility index (Phi) is 3.42. The SMILES string of the molecule is Cc1nccc(CNc2ccc(C(N)=O)nn2)n1. The number of nitrogens with zero attached hydrogens (tertiary/aromatic N) is 4. The van der Waals surface area contributed by atoms with Gasteiger partial charge < -0.3 is 11.1 Å². The number of aryl methyl sites for hydroxylation is 1. The van der Waals surface area contributed by atoms with Crippen molar-refractivity contribution in [3.63, 3.8) is 0 Å². The van der Waals surface area contributed by atoms with Crippen LogP contribution in [0.3, 0.4) is 0 Å². The minimum absolute atomic E-state index is 0.137. The van der Waals surface area contributed by atoms with Gasteiger partial charge in [0.05, 0.1) is 12.2 Å². The Morgan fingerprint density at radius 2 is 2.17 bits per heavy atom. The van der Waals surface area contributed by atoms with Crippen LogP contribution in [0, 0.1) is 6.92 Å². The molecule has 3 N–H and O–H groups in total. The van der Waals surface area contributed by atoms with Crippen molar-refractivity contribution in [1.29, 1.82) is 0 Å². The number of nitrogens with two attached hydrogens (primary N) is 1. The Labute approximate surface area is 103 Å². The number of hydrogen-bond acceptors (Lipinski definition) is 6. The van der Waals surface area contributed by atoms with E-state index in [9.17, 15) is 4.79 Å². The van der Waals surface area contributed by atoms with Crippen molar-refractivity contribution < 1.29 is 4.79 Å². The van der Waals surface area contributed by atoms with Crippen LogP contribution in [-0.4, -0.2) is 26.1 Å². The molecule has 0 spiro atoms. The van der Waals surface area contributed by atoms with Crippen LogP contribution in [0.5, 0.6) is 0 Å². The summed E-state index contributed by atoms with van der Waals surface area (Å²) in [6.07, 6.45) is 1.70. The molecule has 2 heterocycles. The standard InChI is InChI=1S/C11H12N6O/c1-7-13-5-4-8(15-7)6-14-10-3-2-9(11(12)18)16-17-10/h2-5H,6H2,1H3,(H2,12,18)(H,14,17). The van der Waals surface area contributed by atoms with Crippen LogP contribution in [0.1, 0.15) is 22.0 Å². The molecule has 0 saturated heterocycles. The van der Waals surface area contributed by atoms with E-state index in [1.54, 1.807) is 12.3 Å². The minimum Gasteiger partial charge on any atom is -0.364 e. The van der Waals surface area contributed by atoms with Crippen molar-refractivity contribution in [2.24, 2.45) is 5.73 Å². The third kappa shape index (κ3) is 2.97. The van der Waals surface area contributed by atoms with Crippen molar-refractivity contribution in [2.45, 2.75) is 13.5 Å². The van der Waals surface area contributed by atoms with Crippen molar-refractivity contribution >= 4 is 11.7 Å². The Balaban J connectivity index is 2.00. The number of nitrogens with one attached hydrogen (secondary N) is 1. The summed E-state index contributed by atoms with van der Waals surface area (Å²) in [5, 5.41) is 10.6. The normalized spacial score (nSPS) is 10.1. The second-order valence-electron chi connectivity index (χ2n) is 3.62. The number of rotatable bonds is 4. The van der Waals surface area contributed by atoms with Crippen LogP contribution in [-0.2, 0) is 6.54 Å². The van der Waals surface area contributed by atoms with Gasteiger partial charge in [-0.25, -0.2) is 9.97 Å². The highest BCUT2D eigenvalue weighted by molar-refractivity contribution is 5.90. The summed E-state index contributed by atoms with van der Waals surface area (Å²) in [7, 11) is 0. The first-order chi connectivity index (χ1) is 8.65. The highest BCUT2D eigenvalue weighted by atomic mass is 16.1. The molecule has 1 amide bonds. The van der Waals surface area contributed by atoms with Crippen LogP contribution in [0.2, 0.25) is 0 Å². The summed E-state index contributed by atoms with van der Waals surface area (Å²) in [5.41, 5.74) is 6.05. The monoisotopic (exact) mass is 244 g/mol. The minimum atomic E-state index is -0.597. The smallest absolute Gasteiger partial charge is 0.269 e. The van der Waals surface area contributed by atoms with Crippen LogP contribution < -0.4 is 11.1 Å². The molecular weight excluding hydrogens is 232 g/mol. The van der Waals surface area contributed by atoms with Crippen LogP contribution in [0.15, 0.2) is 24.4 Å². The first-order valence-corrected chi connectivity index (χ1v) is 5.31. The quantitative estimate of drug-likeness (QED) is 0.800. The molecular formula is C11H12N6O. The molecule has 92 valence electrons. The zero-order chi connectivity index (χ0) is 13.0. The third-order valence-electron chi connectivity index (χ3n) is 2.20. The first kappa shape index (κ1) is 11.9. The van der Waals surface area contributed by atoms with Gasteiger partial charge in [-0.3, -0.25) is 4.79 Å². The molecule has 0 aliphatic heterocycles. The van der Waals surface area contributed by atoms with Crippen LogP contribution in [0.25, 0.3) is 0 Å². The average Bonchev–Trinajstić information content (AvgIpc) is 2.37. The predicted molar refractivity (Wildman–Crippen MR) is 64.6 cm³/mol.